The van der Waals surface area contributed by atoms with E-state index in [4.69, 9.17) is 11.5 Å². The van der Waals surface area contributed by atoms with E-state index in [9.17, 15) is 16.8 Å². The monoisotopic (exact) mass is 492 g/mol. The van der Waals surface area contributed by atoms with Gasteiger partial charge in [0.25, 0.3) is 0 Å². The molecule has 0 saturated carbocycles. The van der Waals surface area contributed by atoms with E-state index in [1.807, 2.05) is 0 Å². The normalized spacial score (nSPS) is 11.6. The maximum atomic E-state index is 11.6. The fourth-order valence-electron chi connectivity index (χ4n) is 2.17. The van der Waals surface area contributed by atoms with Crippen LogP contribution in [-0.2, 0) is 20.0 Å². The summed E-state index contributed by atoms with van der Waals surface area (Å²) < 4.78 is 51.8. The molecule has 156 valence electrons. The summed E-state index contributed by atoms with van der Waals surface area (Å²) >= 11 is 3.16. The number of sulfonamides is 2. The van der Waals surface area contributed by atoms with Crippen LogP contribution in [0.5, 0.6) is 0 Å². The number of hydrogen-bond donors (Lipinski definition) is 4. The van der Waals surface area contributed by atoms with Gasteiger partial charge in [-0.05, 0) is 58.7 Å². The van der Waals surface area contributed by atoms with Gasteiger partial charge in [-0.2, -0.15) is 0 Å². The van der Waals surface area contributed by atoms with Gasteiger partial charge in [-0.3, -0.25) is 0 Å². The Hall–Kier alpha value is -1.66. The van der Waals surface area contributed by atoms with Gasteiger partial charge in [0, 0.05) is 28.9 Å². The van der Waals surface area contributed by atoms with Crippen LogP contribution >= 0.6 is 15.9 Å². The van der Waals surface area contributed by atoms with Crippen LogP contribution < -0.4 is 20.9 Å². The maximum Gasteiger partial charge on any atom is 0.241 e. The van der Waals surface area contributed by atoms with E-state index in [1.54, 1.807) is 45.0 Å². The molecule has 0 bridgehead atoms. The van der Waals surface area contributed by atoms with Crippen LogP contribution in [0, 0.1) is 6.92 Å². The molecule has 6 N–H and O–H groups in total. The number of halogens is 1. The van der Waals surface area contributed by atoms with Crippen LogP contribution in [0.1, 0.15) is 19.4 Å². The molecule has 0 spiro atoms. The fourth-order valence-corrected chi connectivity index (χ4v) is 5.52. The lowest BCUT2D eigenvalue weighted by Gasteiger charge is -2.08. The van der Waals surface area contributed by atoms with Crippen molar-refractivity contribution < 1.29 is 16.8 Å². The Morgan fingerprint density at radius 3 is 1.75 bits per heavy atom. The SMILES string of the molecule is CCNS(=O)(=O)c1cc(N)ccc1Br.CCNS(=O)(=O)c1cc(N)ccc1C. The third-order valence-electron chi connectivity index (χ3n) is 3.42. The van der Waals surface area contributed by atoms with E-state index in [2.05, 4.69) is 25.4 Å². The van der Waals surface area contributed by atoms with E-state index in [1.165, 1.54) is 12.1 Å². The van der Waals surface area contributed by atoms with Gasteiger partial charge in [-0.1, -0.05) is 19.9 Å². The molecule has 0 atom stereocenters. The molecule has 0 fully saturated rings. The molecule has 2 aromatic rings. The van der Waals surface area contributed by atoms with Crippen molar-refractivity contribution in [3.05, 3.63) is 46.4 Å². The van der Waals surface area contributed by atoms with E-state index in [0.29, 0.717) is 34.5 Å². The van der Waals surface area contributed by atoms with E-state index < -0.39 is 20.0 Å². The van der Waals surface area contributed by atoms with Crippen molar-refractivity contribution in [3.8, 4) is 0 Å². The van der Waals surface area contributed by atoms with Crippen LogP contribution in [0.2, 0.25) is 0 Å². The second kappa shape index (κ2) is 10.2. The van der Waals surface area contributed by atoms with Gasteiger partial charge in [-0.25, -0.2) is 26.3 Å². The van der Waals surface area contributed by atoms with Crippen LogP contribution in [0.25, 0.3) is 0 Å². The zero-order valence-electron chi connectivity index (χ0n) is 15.9. The molecule has 0 aliphatic heterocycles. The zero-order valence-corrected chi connectivity index (χ0v) is 19.1. The highest BCUT2D eigenvalue weighted by Gasteiger charge is 2.16. The summed E-state index contributed by atoms with van der Waals surface area (Å²) in [7, 11) is -6.83. The molecule has 0 unspecified atom stereocenters. The Kier molecular flexibility index (Phi) is 8.89. The highest BCUT2D eigenvalue weighted by Crippen LogP contribution is 2.23. The molecule has 0 saturated heterocycles. The molecule has 28 heavy (non-hydrogen) atoms. The number of nitrogens with two attached hydrogens (primary N) is 2. The number of hydrogen-bond acceptors (Lipinski definition) is 6. The van der Waals surface area contributed by atoms with Gasteiger partial charge in [0.2, 0.25) is 20.0 Å². The molecule has 0 aromatic heterocycles. The molecule has 11 heteroatoms. The minimum Gasteiger partial charge on any atom is -0.399 e. The van der Waals surface area contributed by atoms with Crippen LogP contribution in [0.3, 0.4) is 0 Å². The van der Waals surface area contributed by atoms with Crippen molar-refractivity contribution in [1.29, 1.82) is 0 Å². The van der Waals surface area contributed by atoms with Crippen molar-refractivity contribution in [2.45, 2.75) is 30.6 Å². The van der Waals surface area contributed by atoms with E-state index in [0.717, 1.165) is 0 Å². The molecule has 2 aromatic carbocycles. The van der Waals surface area contributed by atoms with Crippen molar-refractivity contribution >= 4 is 47.4 Å². The number of nitrogen functional groups attached to an aromatic ring is 2. The van der Waals surface area contributed by atoms with Gasteiger partial charge in [0.1, 0.15) is 0 Å². The Morgan fingerprint density at radius 1 is 0.821 bits per heavy atom. The first-order valence-corrected chi connectivity index (χ1v) is 12.1. The number of benzene rings is 2. The van der Waals surface area contributed by atoms with E-state index in [-0.39, 0.29) is 9.79 Å². The van der Waals surface area contributed by atoms with Crippen LogP contribution in [0.4, 0.5) is 11.4 Å². The minimum atomic E-state index is -3.44. The molecular formula is C17H25BrN4O4S2. The topological polar surface area (TPSA) is 144 Å². The van der Waals surface area contributed by atoms with Gasteiger partial charge < -0.3 is 11.5 Å². The first-order valence-electron chi connectivity index (χ1n) is 8.35. The summed E-state index contributed by atoms with van der Waals surface area (Å²) in [4.78, 5) is 0.415. The van der Waals surface area contributed by atoms with Gasteiger partial charge in [0.05, 0.1) is 9.79 Å². The van der Waals surface area contributed by atoms with E-state index >= 15 is 0 Å². The van der Waals surface area contributed by atoms with Crippen molar-refractivity contribution in [2.24, 2.45) is 0 Å². The summed E-state index contributed by atoms with van der Waals surface area (Å²) in [5, 5.41) is 0. The van der Waals surface area contributed by atoms with Crippen molar-refractivity contribution in [1.82, 2.24) is 9.44 Å². The number of aryl methyl sites for hydroxylation is 1. The van der Waals surface area contributed by atoms with Crippen LogP contribution in [0.15, 0.2) is 50.7 Å². The predicted molar refractivity (Wildman–Crippen MR) is 116 cm³/mol. The first kappa shape index (κ1) is 24.4. The highest BCUT2D eigenvalue weighted by molar-refractivity contribution is 9.10. The lowest BCUT2D eigenvalue weighted by molar-refractivity contribution is 0.581. The number of nitrogens with one attached hydrogen (secondary N) is 2. The van der Waals surface area contributed by atoms with Gasteiger partial charge in [0.15, 0.2) is 0 Å². The molecule has 2 rings (SSSR count). The third-order valence-corrected chi connectivity index (χ3v) is 7.64. The second-order valence-electron chi connectivity index (χ2n) is 5.72. The quantitative estimate of drug-likeness (QED) is 0.454. The Labute approximate surface area is 174 Å². The molecule has 0 aliphatic carbocycles. The lowest BCUT2D eigenvalue weighted by atomic mass is 10.2. The highest BCUT2D eigenvalue weighted by atomic mass is 79.9. The molecular weight excluding hydrogens is 468 g/mol. The molecule has 8 nitrogen and oxygen atoms in total. The second-order valence-corrected chi connectivity index (χ2v) is 10.0. The summed E-state index contributed by atoms with van der Waals surface area (Å²) in [6, 6.07) is 9.50. The molecule has 0 radical (unpaired) electrons. The summed E-state index contributed by atoms with van der Waals surface area (Å²) in [6.07, 6.45) is 0. The lowest BCUT2D eigenvalue weighted by Crippen LogP contribution is -2.24. The molecule has 0 heterocycles. The average molecular weight is 493 g/mol. The molecule has 0 amide bonds. The smallest absolute Gasteiger partial charge is 0.241 e. The fraction of sp³-hybridized carbons (Fsp3) is 0.294. The van der Waals surface area contributed by atoms with Gasteiger partial charge in [-0.15, -0.1) is 0 Å². The maximum absolute atomic E-state index is 11.6. The predicted octanol–water partition coefficient (Wildman–Crippen LogP) is 2.20. The van der Waals surface area contributed by atoms with Crippen molar-refractivity contribution in [2.75, 3.05) is 24.6 Å². The standard InChI is InChI=1S/C9H14N2O2S.C8H11BrN2O2S/c1-3-11-14(12,13)9-6-8(10)5-4-7(9)2;1-2-11-14(12,13)8-5-6(10)3-4-7(8)9/h4-6,11H,3,10H2,1-2H3;3-5,11H,2,10H2,1H3. The van der Waals surface area contributed by atoms with Crippen LogP contribution in [-0.4, -0.2) is 29.9 Å². The van der Waals surface area contributed by atoms with Crippen molar-refractivity contribution in [3.63, 3.8) is 0 Å². The average Bonchev–Trinajstić information content (AvgIpc) is 2.59. The largest absolute Gasteiger partial charge is 0.399 e. The number of anilines is 2. The minimum absolute atomic E-state index is 0.166. The Morgan fingerprint density at radius 2 is 1.25 bits per heavy atom. The Balaban J connectivity index is 0.000000280. The number of rotatable bonds is 6. The Bertz CT molecular complexity index is 942. The van der Waals surface area contributed by atoms with Gasteiger partial charge >= 0.3 is 0 Å². The third kappa shape index (κ3) is 6.74. The molecule has 0 aliphatic rings. The zero-order chi connectivity index (χ0) is 21.5. The summed E-state index contributed by atoms with van der Waals surface area (Å²) in [5.41, 5.74) is 12.6. The summed E-state index contributed by atoms with van der Waals surface area (Å²) in [6.45, 7) is 5.92. The first-order chi connectivity index (χ1) is 12.9. The summed E-state index contributed by atoms with van der Waals surface area (Å²) in [5.74, 6) is 0.